The standard InChI is InChI=1S/C28H27F3N2O4S/c29-28(30,31)22(19-6-9-21(10-7-19)37-16-18-4-2-1-3-5-18)15-26(34)33-27-32-23(17-38-27)20-8-11-24-25(14-20)36-13-12-35-24/h6-11,14-15,17-18H,1-5,12-13,16H2,(H,32,33,34)/b22-15+. The lowest BCUT2D eigenvalue weighted by atomic mass is 9.90. The number of carbonyl (C=O) groups is 1. The number of hydrogen-bond acceptors (Lipinski definition) is 6. The summed E-state index contributed by atoms with van der Waals surface area (Å²) in [7, 11) is 0. The van der Waals surface area contributed by atoms with E-state index >= 15 is 0 Å². The molecule has 1 aliphatic heterocycles. The summed E-state index contributed by atoms with van der Waals surface area (Å²) >= 11 is 1.12. The monoisotopic (exact) mass is 544 g/mol. The van der Waals surface area contributed by atoms with E-state index in [2.05, 4.69) is 10.3 Å². The molecule has 1 N–H and O–H groups in total. The maximum absolute atomic E-state index is 13.8. The number of alkyl halides is 3. The van der Waals surface area contributed by atoms with Gasteiger partial charge in [-0.15, -0.1) is 11.3 Å². The quantitative estimate of drug-likeness (QED) is 0.321. The topological polar surface area (TPSA) is 69.7 Å². The molecule has 2 aromatic carbocycles. The molecule has 0 unspecified atom stereocenters. The number of anilines is 1. The van der Waals surface area contributed by atoms with E-state index in [1.165, 1.54) is 43.5 Å². The zero-order valence-corrected chi connectivity index (χ0v) is 21.4. The van der Waals surface area contributed by atoms with E-state index in [9.17, 15) is 18.0 Å². The van der Waals surface area contributed by atoms with Gasteiger partial charge >= 0.3 is 6.18 Å². The smallest absolute Gasteiger partial charge is 0.417 e. The van der Waals surface area contributed by atoms with E-state index in [0.717, 1.165) is 29.7 Å². The summed E-state index contributed by atoms with van der Waals surface area (Å²) in [5.74, 6) is 1.31. The Balaban J connectivity index is 1.25. The van der Waals surface area contributed by atoms with Crippen LogP contribution in [0.15, 0.2) is 53.9 Å². The second-order valence-electron chi connectivity index (χ2n) is 9.28. The Morgan fingerprint density at radius 2 is 1.79 bits per heavy atom. The van der Waals surface area contributed by atoms with E-state index < -0.39 is 17.7 Å². The Hall–Kier alpha value is -3.53. The van der Waals surface area contributed by atoms with E-state index in [1.54, 1.807) is 23.6 Å². The summed E-state index contributed by atoms with van der Waals surface area (Å²) in [5.41, 5.74) is 0.139. The minimum atomic E-state index is -4.72. The molecule has 200 valence electrons. The third-order valence-electron chi connectivity index (χ3n) is 6.53. The lowest BCUT2D eigenvalue weighted by Crippen LogP contribution is -2.16. The highest BCUT2D eigenvalue weighted by atomic mass is 32.1. The van der Waals surface area contributed by atoms with Gasteiger partial charge in [0.05, 0.1) is 17.9 Å². The summed E-state index contributed by atoms with van der Waals surface area (Å²) in [6.45, 7) is 1.48. The molecule has 1 fully saturated rings. The molecule has 6 nitrogen and oxygen atoms in total. The molecule has 38 heavy (non-hydrogen) atoms. The third kappa shape index (κ3) is 6.48. The van der Waals surface area contributed by atoms with Crippen LogP contribution in [-0.2, 0) is 4.79 Å². The van der Waals surface area contributed by atoms with Crippen molar-refractivity contribution in [2.45, 2.75) is 38.3 Å². The van der Waals surface area contributed by atoms with E-state index in [4.69, 9.17) is 14.2 Å². The van der Waals surface area contributed by atoms with Crippen LogP contribution >= 0.6 is 11.3 Å². The number of fused-ring (bicyclic) bond motifs is 1. The molecule has 1 amide bonds. The van der Waals surface area contributed by atoms with Crippen molar-refractivity contribution in [3.63, 3.8) is 0 Å². The molecule has 3 aromatic rings. The van der Waals surface area contributed by atoms with Crippen LogP contribution in [0.4, 0.5) is 18.3 Å². The van der Waals surface area contributed by atoms with Crippen LogP contribution in [-0.4, -0.2) is 36.9 Å². The van der Waals surface area contributed by atoms with Crippen LogP contribution in [0.1, 0.15) is 37.7 Å². The van der Waals surface area contributed by atoms with Gasteiger partial charge in [-0.3, -0.25) is 10.1 Å². The maximum Gasteiger partial charge on any atom is 0.417 e. The van der Waals surface area contributed by atoms with Gasteiger partial charge in [-0.1, -0.05) is 31.4 Å². The number of hydrogen-bond donors (Lipinski definition) is 1. The number of carbonyl (C=O) groups excluding carboxylic acids is 1. The first kappa shape index (κ1) is 26.1. The fourth-order valence-electron chi connectivity index (χ4n) is 4.57. The van der Waals surface area contributed by atoms with Crippen LogP contribution in [0.2, 0.25) is 0 Å². The van der Waals surface area contributed by atoms with Crippen molar-refractivity contribution in [3.8, 4) is 28.5 Å². The summed E-state index contributed by atoms with van der Waals surface area (Å²) in [6, 6.07) is 11.0. The second-order valence-corrected chi connectivity index (χ2v) is 10.1. The van der Waals surface area contributed by atoms with E-state index in [1.807, 2.05) is 0 Å². The van der Waals surface area contributed by atoms with Crippen molar-refractivity contribution >= 4 is 27.9 Å². The van der Waals surface area contributed by atoms with Crippen molar-refractivity contribution in [1.82, 2.24) is 4.98 Å². The van der Waals surface area contributed by atoms with Gasteiger partial charge in [0.25, 0.3) is 5.91 Å². The number of ether oxygens (including phenoxy) is 3. The van der Waals surface area contributed by atoms with Crippen LogP contribution in [0.25, 0.3) is 16.8 Å². The van der Waals surface area contributed by atoms with Crippen molar-refractivity contribution in [3.05, 3.63) is 59.5 Å². The molecule has 0 spiro atoms. The molecule has 1 saturated carbocycles. The molecular formula is C28H27F3N2O4S. The Labute approximate surface area is 222 Å². The number of aromatic nitrogens is 1. The minimum Gasteiger partial charge on any atom is -0.493 e. The Bertz CT molecular complexity index is 1300. The summed E-state index contributed by atoms with van der Waals surface area (Å²) in [5, 5.41) is 4.34. The molecule has 0 saturated heterocycles. The minimum absolute atomic E-state index is 0.117. The van der Waals surface area contributed by atoms with Gasteiger partial charge in [0, 0.05) is 17.0 Å². The number of benzene rings is 2. The maximum atomic E-state index is 13.8. The molecule has 0 atom stereocenters. The van der Waals surface area contributed by atoms with Crippen LogP contribution < -0.4 is 19.5 Å². The summed E-state index contributed by atoms with van der Waals surface area (Å²) < 4.78 is 58.4. The largest absolute Gasteiger partial charge is 0.493 e. The molecule has 0 bridgehead atoms. The molecule has 1 aliphatic carbocycles. The Kier molecular flexibility index (Phi) is 7.87. The zero-order chi connectivity index (χ0) is 26.5. The van der Waals surface area contributed by atoms with Crippen LogP contribution in [0.3, 0.4) is 0 Å². The highest BCUT2D eigenvalue weighted by Gasteiger charge is 2.35. The van der Waals surface area contributed by atoms with Crippen LogP contribution in [0, 0.1) is 5.92 Å². The Morgan fingerprint density at radius 1 is 1.05 bits per heavy atom. The number of thiazole rings is 1. The average molecular weight is 545 g/mol. The van der Waals surface area contributed by atoms with Crippen molar-refractivity contribution in [2.75, 3.05) is 25.1 Å². The molecule has 2 aliphatic rings. The third-order valence-corrected chi connectivity index (χ3v) is 7.29. The fraction of sp³-hybridized carbons (Fsp3) is 0.357. The summed E-state index contributed by atoms with van der Waals surface area (Å²) in [6.07, 6.45) is 1.70. The first-order chi connectivity index (χ1) is 18.3. The van der Waals surface area contributed by atoms with Gasteiger partial charge in [0.1, 0.15) is 19.0 Å². The van der Waals surface area contributed by atoms with Gasteiger partial charge in [0.15, 0.2) is 16.6 Å². The van der Waals surface area contributed by atoms with Gasteiger partial charge in [-0.25, -0.2) is 4.98 Å². The number of halogens is 3. The number of nitrogens with zero attached hydrogens (tertiary/aromatic N) is 1. The number of nitrogens with one attached hydrogen (secondary N) is 1. The molecule has 0 radical (unpaired) electrons. The average Bonchev–Trinajstić information content (AvgIpc) is 3.39. The second kappa shape index (κ2) is 11.5. The fourth-order valence-corrected chi connectivity index (χ4v) is 5.29. The van der Waals surface area contributed by atoms with Gasteiger partial charge < -0.3 is 14.2 Å². The van der Waals surface area contributed by atoms with Crippen LogP contribution in [0.5, 0.6) is 17.2 Å². The summed E-state index contributed by atoms with van der Waals surface area (Å²) in [4.78, 5) is 16.9. The van der Waals surface area contributed by atoms with E-state index in [-0.39, 0.29) is 10.7 Å². The molecule has 10 heteroatoms. The highest BCUT2D eigenvalue weighted by molar-refractivity contribution is 7.14. The lowest BCUT2D eigenvalue weighted by Gasteiger charge is -2.21. The van der Waals surface area contributed by atoms with Gasteiger partial charge in [-0.2, -0.15) is 13.2 Å². The molecule has 2 heterocycles. The predicted molar refractivity (Wildman–Crippen MR) is 140 cm³/mol. The number of amides is 1. The van der Waals surface area contributed by atoms with Gasteiger partial charge in [-0.05, 0) is 54.7 Å². The van der Waals surface area contributed by atoms with Crippen molar-refractivity contribution < 1.29 is 32.2 Å². The zero-order valence-electron chi connectivity index (χ0n) is 20.6. The highest BCUT2D eigenvalue weighted by Crippen LogP contribution is 2.37. The molecule has 5 rings (SSSR count). The van der Waals surface area contributed by atoms with Crippen molar-refractivity contribution in [1.29, 1.82) is 0 Å². The number of rotatable bonds is 7. The predicted octanol–water partition coefficient (Wildman–Crippen LogP) is 7.12. The van der Waals surface area contributed by atoms with Crippen molar-refractivity contribution in [2.24, 2.45) is 5.92 Å². The number of allylic oxidation sites excluding steroid dienone is 1. The lowest BCUT2D eigenvalue weighted by molar-refractivity contribution is -0.112. The first-order valence-electron chi connectivity index (χ1n) is 12.5. The molecular weight excluding hydrogens is 517 g/mol. The normalized spacial score (nSPS) is 16.2. The molecule has 1 aromatic heterocycles. The first-order valence-corrected chi connectivity index (χ1v) is 13.4. The SMILES string of the molecule is O=C(/C=C(\c1ccc(OCC2CCCCC2)cc1)C(F)(F)F)Nc1nc(-c2ccc3c(c2)OCCO3)cs1. The Morgan fingerprint density at radius 3 is 2.53 bits per heavy atom. The van der Waals surface area contributed by atoms with E-state index in [0.29, 0.717) is 54.8 Å². The van der Waals surface area contributed by atoms with Gasteiger partial charge in [0.2, 0.25) is 0 Å².